The Bertz CT molecular complexity index is 1330. The third-order valence-electron chi connectivity index (χ3n) is 12.4. The molecule has 0 aliphatic heterocycles. The summed E-state index contributed by atoms with van der Waals surface area (Å²) in [4.78, 5) is 38.1. The number of rotatable bonds is 52. The van der Waals surface area contributed by atoms with Crippen LogP contribution in [0.25, 0.3) is 0 Å². The van der Waals surface area contributed by atoms with Gasteiger partial charge in [0, 0.05) is 19.3 Å². The van der Waals surface area contributed by atoms with Gasteiger partial charge in [-0.25, -0.2) is 0 Å². The maximum Gasteiger partial charge on any atom is 0.306 e. The lowest BCUT2D eigenvalue weighted by Gasteiger charge is -2.18. The van der Waals surface area contributed by atoms with E-state index in [1.54, 1.807) is 0 Å². The first kappa shape index (κ1) is 65.6. The van der Waals surface area contributed by atoms with Crippen LogP contribution in [-0.4, -0.2) is 37.2 Å². The average molecular weight is 962 g/mol. The van der Waals surface area contributed by atoms with E-state index in [1.807, 2.05) is 6.08 Å². The summed E-state index contributed by atoms with van der Waals surface area (Å²) in [6.45, 7) is 6.54. The molecular formula is C63H108O6. The Kier molecular flexibility index (Phi) is 54.3. The highest BCUT2D eigenvalue weighted by Gasteiger charge is 2.19. The maximum atomic E-state index is 12.9. The fraction of sp³-hybridized carbons (Fsp3) is 0.730. The van der Waals surface area contributed by atoms with Crippen LogP contribution in [0.5, 0.6) is 0 Å². The molecule has 0 spiro atoms. The minimum atomic E-state index is -0.811. The summed E-state index contributed by atoms with van der Waals surface area (Å²) in [5.74, 6) is -0.992. The maximum absolute atomic E-state index is 12.9. The van der Waals surface area contributed by atoms with E-state index < -0.39 is 6.10 Å². The number of hydrogen-bond acceptors (Lipinski definition) is 6. The third kappa shape index (κ3) is 55.4. The molecule has 0 saturated heterocycles. The van der Waals surface area contributed by atoms with E-state index in [4.69, 9.17) is 14.2 Å². The van der Waals surface area contributed by atoms with Crippen LogP contribution in [-0.2, 0) is 28.6 Å². The standard InChI is InChI=1S/C63H108O6/c1-4-7-10-13-16-19-22-25-28-30-31-33-35-38-41-44-47-50-53-56-62(65)68-59-60(58-67-61(64)55-52-49-46-43-40-37-34-27-24-21-18-15-12-9-6-3)69-63(66)57-54-51-48-45-42-39-36-32-29-26-23-20-17-14-11-8-5-2/h16,19,21,24-26,28-29,31,33,38,41,47,50,60H,4-15,17-18,20,22-23,27,30,32,34-37,39-40,42-46,48-49,51-59H2,1-3H3/b19-16-,24-21-,28-25-,29-26-,33-31-,41-38-,50-47-/t60-/m0/s1. The summed E-state index contributed by atoms with van der Waals surface area (Å²) in [5.41, 5.74) is 0. The number of unbranched alkanes of at least 4 members (excludes halogenated alkanes) is 27. The van der Waals surface area contributed by atoms with Crippen LogP contribution in [0, 0.1) is 0 Å². The van der Waals surface area contributed by atoms with Crippen LogP contribution in [0.2, 0.25) is 0 Å². The van der Waals surface area contributed by atoms with E-state index >= 15 is 0 Å². The molecule has 6 heteroatoms. The lowest BCUT2D eigenvalue weighted by molar-refractivity contribution is -0.166. The number of allylic oxidation sites excluding steroid dienone is 14. The number of hydrogen-bond donors (Lipinski definition) is 0. The molecular weight excluding hydrogens is 853 g/mol. The van der Waals surface area contributed by atoms with Crippen molar-refractivity contribution in [3.05, 3.63) is 85.1 Å². The molecule has 0 N–H and O–H groups in total. The van der Waals surface area contributed by atoms with E-state index in [1.165, 1.54) is 167 Å². The van der Waals surface area contributed by atoms with E-state index in [2.05, 4.69) is 99.8 Å². The smallest absolute Gasteiger partial charge is 0.306 e. The van der Waals surface area contributed by atoms with Gasteiger partial charge < -0.3 is 14.2 Å². The first-order valence-electron chi connectivity index (χ1n) is 29.1. The first-order chi connectivity index (χ1) is 34.0. The molecule has 0 aromatic carbocycles. The summed E-state index contributed by atoms with van der Waals surface area (Å²) < 4.78 is 16.8. The molecule has 6 nitrogen and oxygen atoms in total. The quantitative estimate of drug-likeness (QED) is 0.0262. The van der Waals surface area contributed by atoms with Crippen molar-refractivity contribution < 1.29 is 28.6 Å². The first-order valence-corrected chi connectivity index (χ1v) is 29.1. The van der Waals surface area contributed by atoms with Gasteiger partial charge in [-0.05, 0) is 109 Å². The molecule has 0 saturated carbocycles. The third-order valence-corrected chi connectivity index (χ3v) is 12.4. The molecule has 396 valence electrons. The molecule has 0 aliphatic rings. The van der Waals surface area contributed by atoms with Gasteiger partial charge in [0.25, 0.3) is 0 Å². The Balaban J connectivity index is 4.50. The lowest BCUT2D eigenvalue weighted by Crippen LogP contribution is -2.30. The summed E-state index contributed by atoms with van der Waals surface area (Å²) in [6, 6.07) is 0. The zero-order valence-electron chi connectivity index (χ0n) is 45.3. The highest BCUT2D eigenvalue weighted by Crippen LogP contribution is 2.14. The summed E-state index contributed by atoms with van der Waals surface area (Å²) in [7, 11) is 0. The predicted octanol–water partition coefficient (Wildman–Crippen LogP) is 19.5. The fourth-order valence-corrected chi connectivity index (χ4v) is 7.94. The summed E-state index contributed by atoms with van der Waals surface area (Å²) in [5, 5.41) is 0. The van der Waals surface area contributed by atoms with Gasteiger partial charge in [0.1, 0.15) is 13.2 Å². The van der Waals surface area contributed by atoms with Crippen LogP contribution in [0.3, 0.4) is 0 Å². The second-order valence-corrected chi connectivity index (χ2v) is 19.2. The van der Waals surface area contributed by atoms with Crippen molar-refractivity contribution >= 4 is 17.9 Å². The summed E-state index contributed by atoms with van der Waals surface area (Å²) in [6.07, 6.45) is 74.4. The number of carbonyl (C=O) groups is 3. The van der Waals surface area contributed by atoms with E-state index in [0.29, 0.717) is 19.3 Å². The predicted molar refractivity (Wildman–Crippen MR) is 297 cm³/mol. The van der Waals surface area contributed by atoms with Gasteiger partial charge in [-0.1, -0.05) is 234 Å². The molecule has 69 heavy (non-hydrogen) atoms. The molecule has 0 radical (unpaired) electrons. The van der Waals surface area contributed by atoms with Crippen LogP contribution >= 0.6 is 0 Å². The van der Waals surface area contributed by atoms with Gasteiger partial charge in [0.05, 0.1) is 0 Å². The zero-order valence-corrected chi connectivity index (χ0v) is 45.3. The minimum Gasteiger partial charge on any atom is -0.462 e. The molecule has 0 unspecified atom stereocenters. The highest BCUT2D eigenvalue weighted by molar-refractivity contribution is 5.71. The minimum absolute atomic E-state index is 0.103. The van der Waals surface area contributed by atoms with Crippen LogP contribution < -0.4 is 0 Å². The zero-order chi connectivity index (χ0) is 50.0. The average Bonchev–Trinajstić information content (AvgIpc) is 3.35. The van der Waals surface area contributed by atoms with Gasteiger partial charge in [-0.15, -0.1) is 0 Å². The monoisotopic (exact) mass is 961 g/mol. The van der Waals surface area contributed by atoms with Crippen LogP contribution in [0.15, 0.2) is 85.1 Å². The Labute approximate surface area is 426 Å². The SMILES string of the molecule is CCCCC/C=C\C/C=C\C/C=C\C/C=C\C/C=C\CCC(=O)OC[C@H](COC(=O)CCCCCCCCC/C=C\CCCCCC)OC(=O)CCCCCCCCC/C=C\CCCCCCCC. The Morgan fingerprint density at radius 1 is 0.290 bits per heavy atom. The largest absolute Gasteiger partial charge is 0.462 e. The van der Waals surface area contributed by atoms with Crippen LogP contribution in [0.1, 0.15) is 278 Å². The molecule has 1 atom stereocenters. The highest BCUT2D eigenvalue weighted by atomic mass is 16.6. The van der Waals surface area contributed by atoms with Gasteiger partial charge in [-0.2, -0.15) is 0 Å². The molecule has 0 aliphatic carbocycles. The number of esters is 3. The van der Waals surface area contributed by atoms with Crippen LogP contribution in [0.4, 0.5) is 0 Å². The number of ether oxygens (including phenoxy) is 3. The second-order valence-electron chi connectivity index (χ2n) is 19.2. The molecule has 0 amide bonds. The van der Waals surface area contributed by atoms with Crippen molar-refractivity contribution in [1.29, 1.82) is 0 Å². The molecule has 0 bridgehead atoms. The van der Waals surface area contributed by atoms with Crippen molar-refractivity contribution in [3.8, 4) is 0 Å². The van der Waals surface area contributed by atoms with E-state index in [9.17, 15) is 14.4 Å². The number of carbonyl (C=O) groups excluding carboxylic acids is 3. The van der Waals surface area contributed by atoms with Crippen molar-refractivity contribution in [1.82, 2.24) is 0 Å². The molecule has 0 fully saturated rings. The van der Waals surface area contributed by atoms with Crippen molar-refractivity contribution in [2.24, 2.45) is 0 Å². The van der Waals surface area contributed by atoms with E-state index in [-0.39, 0.29) is 37.5 Å². The lowest BCUT2D eigenvalue weighted by atomic mass is 10.1. The summed E-state index contributed by atoms with van der Waals surface area (Å²) >= 11 is 0. The molecule has 0 aromatic rings. The Morgan fingerprint density at radius 2 is 0.551 bits per heavy atom. The van der Waals surface area contributed by atoms with Crippen molar-refractivity contribution in [2.45, 2.75) is 284 Å². The Morgan fingerprint density at radius 3 is 0.957 bits per heavy atom. The topological polar surface area (TPSA) is 78.9 Å². The van der Waals surface area contributed by atoms with Gasteiger partial charge >= 0.3 is 17.9 Å². The van der Waals surface area contributed by atoms with E-state index in [0.717, 1.165) is 64.2 Å². The second kappa shape index (κ2) is 57.2. The van der Waals surface area contributed by atoms with Gasteiger partial charge in [0.15, 0.2) is 6.10 Å². The van der Waals surface area contributed by atoms with Gasteiger partial charge in [0.2, 0.25) is 0 Å². The molecule has 0 rings (SSSR count). The van der Waals surface area contributed by atoms with Crippen molar-refractivity contribution in [3.63, 3.8) is 0 Å². The van der Waals surface area contributed by atoms with Crippen molar-refractivity contribution in [2.75, 3.05) is 13.2 Å². The van der Waals surface area contributed by atoms with Gasteiger partial charge in [-0.3, -0.25) is 14.4 Å². The molecule has 0 aromatic heterocycles. The normalized spacial score (nSPS) is 12.7. The fourth-order valence-electron chi connectivity index (χ4n) is 7.94. The molecule has 0 heterocycles. The Hall–Kier alpha value is -3.41.